The molecule has 0 radical (unpaired) electrons. The van der Waals surface area contributed by atoms with Crippen molar-refractivity contribution in [1.82, 2.24) is 0 Å². The fraction of sp³-hybridized carbons (Fsp3) is 0. The summed E-state index contributed by atoms with van der Waals surface area (Å²) in [4.78, 5) is 28.3. The first-order valence-electron chi connectivity index (χ1n) is 3.65. The number of phenols is 1. The molecule has 1 aromatic rings. The van der Waals surface area contributed by atoms with Crippen LogP contribution >= 0.6 is 7.60 Å². The molecule has 15 heavy (non-hydrogen) atoms. The Labute approximate surface area is 83.9 Å². The van der Waals surface area contributed by atoms with Gasteiger partial charge in [-0.05, 0) is 12.1 Å². The van der Waals surface area contributed by atoms with Crippen molar-refractivity contribution in [3.05, 3.63) is 17.7 Å². The van der Waals surface area contributed by atoms with Crippen molar-refractivity contribution < 1.29 is 29.4 Å². The van der Waals surface area contributed by atoms with Gasteiger partial charge in [0, 0.05) is 0 Å². The van der Waals surface area contributed by atoms with Crippen LogP contribution in [0.1, 0.15) is 10.4 Å². The van der Waals surface area contributed by atoms with Crippen LogP contribution < -0.4 is 11.0 Å². The number of carboxylic acids is 1. The molecule has 0 unspecified atom stereocenters. The second-order valence-corrected chi connectivity index (χ2v) is 4.35. The van der Waals surface area contributed by atoms with Crippen LogP contribution in [-0.4, -0.2) is 26.0 Å². The highest BCUT2D eigenvalue weighted by molar-refractivity contribution is 7.60. The highest BCUT2D eigenvalue weighted by atomic mass is 31.2. The molecule has 0 bridgehead atoms. The van der Waals surface area contributed by atoms with Gasteiger partial charge in [-0.3, -0.25) is 4.57 Å². The normalized spacial score (nSPS) is 11.3. The van der Waals surface area contributed by atoms with E-state index in [1.54, 1.807) is 0 Å². The Morgan fingerprint density at radius 2 is 1.87 bits per heavy atom. The summed E-state index contributed by atoms with van der Waals surface area (Å²) < 4.78 is 10.9. The third-order valence-electron chi connectivity index (χ3n) is 1.69. The van der Waals surface area contributed by atoms with E-state index in [0.717, 1.165) is 6.07 Å². The lowest BCUT2D eigenvalue weighted by Crippen LogP contribution is -2.16. The number of benzene rings is 1. The minimum atomic E-state index is -4.75. The third-order valence-corrected chi connectivity index (χ3v) is 2.69. The van der Waals surface area contributed by atoms with E-state index in [4.69, 9.17) is 25.7 Å². The number of nitrogens with two attached hydrogens (primary N) is 1. The van der Waals surface area contributed by atoms with Crippen molar-refractivity contribution in [2.24, 2.45) is 0 Å². The number of carboxylic acid groups (broad SMARTS) is 1. The zero-order valence-corrected chi connectivity index (χ0v) is 8.18. The van der Waals surface area contributed by atoms with Crippen LogP contribution in [0.3, 0.4) is 0 Å². The van der Waals surface area contributed by atoms with E-state index >= 15 is 0 Å². The molecule has 0 aliphatic carbocycles. The zero-order valence-electron chi connectivity index (χ0n) is 7.28. The predicted octanol–water partition coefficient (Wildman–Crippen LogP) is -0.524. The van der Waals surface area contributed by atoms with E-state index in [1.807, 2.05) is 0 Å². The van der Waals surface area contributed by atoms with Crippen molar-refractivity contribution in [2.45, 2.75) is 0 Å². The molecule has 0 aliphatic rings. The standard InChI is InChI=1S/C7H8NO6P/c8-4-1-3(7(10)11)6(2-5(4)9)15(12,13)14/h1-2,9H,8H2,(H,10,11)(H2,12,13,14). The molecule has 8 heteroatoms. The maximum Gasteiger partial charge on any atom is 0.357 e. The first kappa shape index (κ1) is 11.5. The smallest absolute Gasteiger partial charge is 0.357 e. The maximum absolute atomic E-state index is 10.9. The Balaban J connectivity index is 3.56. The van der Waals surface area contributed by atoms with E-state index in [2.05, 4.69) is 0 Å². The SMILES string of the molecule is Nc1cc(C(=O)O)c(P(=O)(O)O)cc1O. The van der Waals surface area contributed by atoms with E-state index in [9.17, 15) is 9.36 Å². The molecule has 1 rings (SSSR count). The van der Waals surface area contributed by atoms with Gasteiger partial charge in [-0.2, -0.15) is 0 Å². The van der Waals surface area contributed by atoms with E-state index < -0.39 is 30.2 Å². The van der Waals surface area contributed by atoms with Crippen LogP contribution in [0.4, 0.5) is 5.69 Å². The lowest BCUT2D eigenvalue weighted by Gasteiger charge is -2.09. The molecule has 0 fully saturated rings. The summed E-state index contributed by atoms with van der Waals surface area (Å²) in [6, 6.07) is 1.45. The number of hydrogen-bond acceptors (Lipinski definition) is 4. The molecular formula is C7H8NO6P. The number of rotatable bonds is 2. The summed E-state index contributed by atoms with van der Waals surface area (Å²) in [5.41, 5.74) is 4.32. The highest BCUT2D eigenvalue weighted by Crippen LogP contribution is 2.37. The quantitative estimate of drug-likeness (QED) is 0.262. The second-order valence-electron chi connectivity index (χ2n) is 2.78. The number of anilines is 1. The lowest BCUT2D eigenvalue weighted by atomic mass is 10.2. The van der Waals surface area contributed by atoms with Gasteiger partial charge in [-0.15, -0.1) is 0 Å². The molecule has 0 atom stereocenters. The first-order chi connectivity index (χ1) is 6.73. The van der Waals surface area contributed by atoms with Crippen LogP contribution in [0.25, 0.3) is 0 Å². The molecule has 0 saturated carbocycles. The van der Waals surface area contributed by atoms with Gasteiger partial charge in [-0.1, -0.05) is 0 Å². The van der Waals surface area contributed by atoms with Gasteiger partial charge in [0.15, 0.2) is 0 Å². The molecule has 1 aromatic carbocycles. The molecule has 0 amide bonds. The number of aromatic carboxylic acids is 1. The van der Waals surface area contributed by atoms with Crippen molar-refractivity contribution >= 4 is 24.6 Å². The third kappa shape index (κ3) is 2.27. The van der Waals surface area contributed by atoms with E-state index in [1.165, 1.54) is 0 Å². The average Bonchev–Trinajstić information content (AvgIpc) is 2.06. The van der Waals surface area contributed by atoms with Gasteiger partial charge in [-0.25, -0.2) is 4.79 Å². The second kappa shape index (κ2) is 3.54. The van der Waals surface area contributed by atoms with Gasteiger partial charge >= 0.3 is 13.6 Å². The van der Waals surface area contributed by atoms with Crippen molar-refractivity contribution in [2.75, 3.05) is 5.73 Å². The van der Waals surface area contributed by atoms with Gasteiger partial charge in [0.1, 0.15) is 5.75 Å². The van der Waals surface area contributed by atoms with Gasteiger partial charge in [0.25, 0.3) is 0 Å². The Hall–Kier alpha value is -1.56. The van der Waals surface area contributed by atoms with Crippen molar-refractivity contribution in [3.63, 3.8) is 0 Å². The van der Waals surface area contributed by atoms with Crippen LogP contribution in [0, 0.1) is 0 Å². The average molecular weight is 233 g/mol. The minimum Gasteiger partial charge on any atom is -0.506 e. The van der Waals surface area contributed by atoms with Crippen molar-refractivity contribution in [1.29, 1.82) is 0 Å². The van der Waals surface area contributed by atoms with E-state index in [0.29, 0.717) is 6.07 Å². The maximum atomic E-state index is 10.9. The Bertz CT molecular complexity index is 465. The fourth-order valence-electron chi connectivity index (χ4n) is 1.01. The van der Waals surface area contributed by atoms with Crippen molar-refractivity contribution in [3.8, 4) is 5.75 Å². The Morgan fingerprint density at radius 3 is 2.27 bits per heavy atom. The minimum absolute atomic E-state index is 0.260. The lowest BCUT2D eigenvalue weighted by molar-refractivity contribution is 0.0698. The molecule has 0 aliphatic heterocycles. The number of carbonyl (C=O) groups is 1. The summed E-state index contributed by atoms with van der Waals surface area (Å²) in [6.07, 6.45) is 0. The molecule has 6 N–H and O–H groups in total. The molecule has 82 valence electrons. The van der Waals surface area contributed by atoms with Crippen LogP contribution in [0.2, 0.25) is 0 Å². The molecule has 0 saturated heterocycles. The summed E-state index contributed by atoms with van der Waals surface area (Å²) in [5, 5.41) is 17.0. The van der Waals surface area contributed by atoms with Gasteiger partial charge in [0.2, 0.25) is 0 Å². The highest BCUT2D eigenvalue weighted by Gasteiger charge is 2.26. The Morgan fingerprint density at radius 1 is 1.33 bits per heavy atom. The number of nitrogen functional groups attached to an aromatic ring is 1. The fourth-order valence-corrected chi connectivity index (χ4v) is 1.77. The number of hydrogen-bond donors (Lipinski definition) is 5. The largest absolute Gasteiger partial charge is 0.506 e. The summed E-state index contributed by atoms with van der Waals surface area (Å²) in [5.74, 6) is -2.10. The van der Waals surface area contributed by atoms with E-state index in [-0.39, 0.29) is 5.69 Å². The molecule has 0 aromatic heterocycles. The Kier molecular flexibility index (Phi) is 2.72. The summed E-state index contributed by atoms with van der Waals surface area (Å²) in [7, 11) is -4.75. The predicted molar refractivity (Wildman–Crippen MR) is 51.2 cm³/mol. The van der Waals surface area contributed by atoms with Crippen LogP contribution in [0.5, 0.6) is 5.75 Å². The number of phenolic OH excluding ortho intramolecular Hbond substituents is 1. The molecular weight excluding hydrogens is 225 g/mol. The van der Waals surface area contributed by atoms with Crippen LogP contribution in [0.15, 0.2) is 12.1 Å². The van der Waals surface area contributed by atoms with Crippen LogP contribution in [-0.2, 0) is 4.57 Å². The monoisotopic (exact) mass is 233 g/mol. The number of aromatic hydroxyl groups is 1. The summed E-state index contributed by atoms with van der Waals surface area (Å²) in [6.45, 7) is 0. The van der Waals surface area contributed by atoms with Gasteiger partial charge in [0.05, 0.1) is 16.6 Å². The molecule has 0 heterocycles. The molecule has 7 nitrogen and oxygen atoms in total. The molecule has 0 spiro atoms. The zero-order chi connectivity index (χ0) is 11.8. The van der Waals surface area contributed by atoms with Gasteiger partial charge < -0.3 is 25.7 Å². The summed E-state index contributed by atoms with van der Waals surface area (Å²) >= 11 is 0. The topological polar surface area (TPSA) is 141 Å². The first-order valence-corrected chi connectivity index (χ1v) is 5.26.